The van der Waals surface area contributed by atoms with E-state index in [2.05, 4.69) is 26.5 Å². The molecule has 0 saturated heterocycles. The highest BCUT2D eigenvalue weighted by Gasteiger charge is 2.07. The number of carbonyl (C=O) groups is 1. The molecule has 0 atom stereocenters. The molecule has 0 spiro atoms. The van der Waals surface area contributed by atoms with Crippen LogP contribution in [0.2, 0.25) is 0 Å². The van der Waals surface area contributed by atoms with Crippen molar-refractivity contribution >= 4 is 38.8 Å². The van der Waals surface area contributed by atoms with E-state index < -0.39 is 0 Å². The van der Waals surface area contributed by atoms with Crippen LogP contribution in [0.25, 0.3) is 10.8 Å². The molecule has 2 N–H and O–H groups in total. The van der Waals surface area contributed by atoms with Gasteiger partial charge in [0.25, 0.3) is 5.91 Å². The fraction of sp³-hybridized carbons (Fsp3) is 0.0526. The molecule has 0 radical (unpaired) electrons. The molecule has 5 heteroatoms. The van der Waals surface area contributed by atoms with Gasteiger partial charge in [0.1, 0.15) is 5.75 Å². The summed E-state index contributed by atoms with van der Waals surface area (Å²) in [5.41, 5.74) is 4.61. The fourth-order valence-electron chi connectivity index (χ4n) is 2.37. The number of aromatic hydroxyl groups is 1. The normalized spacial score (nSPS) is 11.1. The molecule has 0 aliphatic rings. The van der Waals surface area contributed by atoms with Crippen molar-refractivity contribution in [2.24, 2.45) is 5.10 Å². The first-order valence-electron chi connectivity index (χ1n) is 7.36. The molecule has 0 heterocycles. The minimum absolute atomic E-state index is 0.116. The summed E-state index contributed by atoms with van der Waals surface area (Å²) in [6, 6.07) is 16.5. The molecule has 24 heavy (non-hydrogen) atoms. The van der Waals surface area contributed by atoms with Gasteiger partial charge in [-0.05, 0) is 41.5 Å². The number of nitrogens with one attached hydrogen (secondary N) is 1. The lowest BCUT2D eigenvalue weighted by atomic mass is 10.0. The van der Waals surface area contributed by atoms with E-state index >= 15 is 0 Å². The van der Waals surface area contributed by atoms with Crippen LogP contribution < -0.4 is 5.43 Å². The molecule has 0 bridgehead atoms. The monoisotopic (exact) mass is 382 g/mol. The minimum atomic E-state index is -0.313. The van der Waals surface area contributed by atoms with Gasteiger partial charge in [-0.1, -0.05) is 52.3 Å². The van der Waals surface area contributed by atoms with E-state index in [4.69, 9.17) is 0 Å². The molecule has 4 nitrogen and oxygen atoms in total. The third kappa shape index (κ3) is 3.31. The van der Waals surface area contributed by atoms with Crippen molar-refractivity contribution in [1.29, 1.82) is 0 Å². The lowest BCUT2D eigenvalue weighted by Gasteiger charge is -2.05. The van der Waals surface area contributed by atoms with Crippen LogP contribution in [0.15, 0.2) is 64.2 Å². The van der Waals surface area contributed by atoms with Crippen LogP contribution in [-0.4, -0.2) is 17.2 Å². The Morgan fingerprint density at radius 2 is 1.96 bits per heavy atom. The molecule has 3 rings (SSSR count). The van der Waals surface area contributed by atoms with Gasteiger partial charge in [0.2, 0.25) is 0 Å². The minimum Gasteiger partial charge on any atom is -0.507 e. The second-order valence-electron chi connectivity index (χ2n) is 5.38. The van der Waals surface area contributed by atoms with Crippen molar-refractivity contribution in [1.82, 2.24) is 5.43 Å². The highest BCUT2D eigenvalue weighted by Crippen LogP contribution is 2.25. The van der Waals surface area contributed by atoms with Crippen molar-refractivity contribution in [3.05, 3.63) is 75.8 Å². The number of hydrogen-bond donors (Lipinski definition) is 2. The van der Waals surface area contributed by atoms with E-state index in [-0.39, 0.29) is 11.7 Å². The van der Waals surface area contributed by atoms with E-state index in [9.17, 15) is 9.90 Å². The van der Waals surface area contributed by atoms with Crippen molar-refractivity contribution in [3.8, 4) is 5.75 Å². The van der Waals surface area contributed by atoms with Gasteiger partial charge < -0.3 is 5.11 Å². The summed E-state index contributed by atoms with van der Waals surface area (Å²) in [5.74, 6) is -0.198. The van der Waals surface area contributed by atoms with Crippen LogP contribution in [0.4, 0.5) is 0 Å². The number of fused-ring (bicyclic) bond motifs is 1. The summed E-state index contributed by atoms with van der Waals surface area (Å²) in [5, 5.41) is 15.9. The van der Waals surface area contributed by atoms with Crippen molar-refractivity contribution in [2.75, 3.05) is 0 Å². The first kappa shape index (κ1) is 16.2. The summed E-state index contributed by atoms with van der Waals surface area (Å²) < 4.78 is 0.867. The van der Waals surface area contributed by atoms with Gasteiger partial charge >= 0.3 is 0 Å². The maximum absolute atomic E-state index is 12.1. The van der Waals surface area contributed by atoms with E-state index in [1.165, 1.54) is 6.21 Å². The van der Waals surface area contributed by atoms with Gasteiger partial charge in [0.15, 0.2) is 0 Å². The van der Waals surface area contributed by atoms with E-state index in [0.29, 0.717) is 11.1 Å². The van der Waals surface area contributed by atoms with Gasteiger partial charge in [-0.25, -0.2) is 5.43 Å². The Morgan fingerprint density at radius 1 is 1.17 bits per heavy atom. The van der Waals surface area contributed by atoms with Crippen molar-refractivity contribution in [3.63, 3.8) is 0 Å². The number of halogens is 1. The molecule has 0 aromatic heterocycles. The number of carbonyl (C=O) groups excluding carboxylic acids is 1. The Hall–Kier alpha value is -2.66. The highest BCUT2D eigenvalue weighted by atomic mass is 79.9. The van der Waals surface area contributed by atoms with Crippen LogP contribution in [0.3, 0.4) is 0 Å². The molecule has 3 aromatic carbocycles. The molecule has 1 amide bonds. The molecular weight excluding hydrogens is 368 g/mol. The lowest BCUT2D eigenvalue weighted by Crippen LogP contribution is -2.17. The SMILES string of the molecule is Cc1ccc(C(=O)N/N=C/c2c(O)ccc3ccccc23)cc1Br. The fourth-order valence-corrected chi connectivity index (χ4v) is 2.75. The Morgan fingerprint density at radius 3 is 2.75 bits per heavy atom. The predicted molar refractivity (Wildman–Crippen MR) is 99.6 cm³/mol. The zero-order valence-corrected chi connectivity index (χ0v) is 14.5. The summed E-state index contributed by atoms with van der Waals surface area (Å²) >= 11 is 3.40. The smallest absolute Gasteiger partial charge is 0.271 e. The zero-order chi connectivity index (χ0) is 17.1. The number of phenols is 1. The Labute approximate surface area is 148 Å². The number of hydrogen-bond acceptors (Lipinski definition) is 3. The van der Waals surface area contributed by atoms with Crippen LogP contribution in [0.1, 0.15) is 21.5 Å². The third-order valence-electron chi connectivity index (χ3n) is 3.74. The molecule has 0 saturated carbocycles. The van der Waals surface area contributed by atoms with Crippen LogP contribution in [0.5, 0.6) is 5.75 Å². The van der Waals surface area contributed by atoms with Crippen molar-refractivity contribution in [2.45, 2.75) is 6.92 Å². The zero-order valence-electron chi connectivity index (χ0n) is 13.0. The number of nitrogens with zero attached hydrogens (tertiary/aromatic N) is 1. The first-order chi connectivity index (χ1) is 11.6. The van der Waals surface area contributed by atoms with Crippen molar-refractivity contribution < 1.29 is 9.90 Å². The molecule has 0 fully saturated rings. The lowest BCUT2D eigenvalue weighted by molar-refractivity contribution is 0.0955. The maximum Gasteiger partial charge on any atom is 0.271 e. The van der Waals surface area contributed by atoms with Gasteiger partial charge in [-0.2, -0.15) is 5.10 Å². The second kappa shape index (κ2) is 6.84. The van der Waals surface area contributed by atoms with Gasteiger partial charge in [-0.15, -0.1) is 0 Å². The van der Waals surface area contributed by atoms with E-state index in [0.717, 1.165) is 20.8 Å². The molecular formula is C19H15BrN2O2. The maximum atomic E-state index is 12.1. The summed E-state index contributed by atoms with van der Waals surface area (Å²) in [6.45, 7) is 1.95. The standard InChI is InChI=1S/C19H15BrN2O2/c1-12-6-7-14(10-17(12)20)19(24)22-21-11-16-15-5-3-2-4-13(15)8-9-18(16)23/h2-11,23H,1H3,(H,22,24)/b21-11+. The topological polar surface area (TPSA) is 61.7 Å². The number of phenolic OH excluding ortho intramolecular Hbond substituents is 1. The van der Waals surface area contributed by atoms with Gasteiger partial charge in [0.05, 0.1) is 6.21 Å². The quantitative estimate of drug-likeness (QED) is 0.521. The summed E-state index contributed by atoms with van der Waals surface area (Å²) in [7, 11) is 0. The molecule has 0 aliphatic carbocycles. The Bertz CT molecular complexity index is 951. The molecule has 0 unspecified atom stereocenters. The average molecular weight is 383 g/mol. The molecule has 120 valence electrons. The molecule has 3 aromatic rings. The van der Waals surface area contributed by atoms with Gasteiger partial charge in [-0.3, -0.25) is 4.79 Å². The largest absolute Gasteiger partial charge is 0.507 e. The Balaban J connectivity index is 1.83. The van der Waals surface area contributed by atoms with E-state index in [1.807, 2.05) is 43.3 Å². The van der Waals surface area contributed by atoms with Crippen LogP contribution >= 0.6 is 15.9 Å². The third-order valence-corrected chi connectivity index (χ3v) is 4.60. The number of benzene rings is 3. The number of rotatable bonds is 3. The van der Waals surface area contributed by atoms with Crippen LogP contribution in [0, 0.1) is 6.92 Å². The predicted octanol–water partition coefficient (Wildman–Crippen LogP) is 4.38. The van der Waals surface area contributed by atoms with Gasteiger partial charge in [0, 0.05) is 15.6 Å². The number of aryl methyl sites for hydroxylation is 1. The number of amides is 1. The summed E-state index contributed by atoms with van der Waals surface area (Å²) in [6.07, 6.45) is 1.46. The van der Waals surface area contributed by atoms with E-state index in [1.54, 1.807) is 18.2 Å². The van der Waals surface area contributed by atoms with Crippen LogP contribution in [-0.2, 0) is 0 Å². The second-order valence-corrected chi connectivity index (χ2v) is 6.24. The highest BCUT2D eigenvalue weighted by molar-refractivity contribution is 9.10. The Kier molecular flexibility index (Phi) is 4.62. The number of hydrazone groups is 1. The first-order valence-corrected chi connectivity index (χ1v) is 8.16. The molecule has 0 aliphatic heterocycles. The average Bonchev–Trinajstić information content (AvgIpc) is 2.59. The summed E-state index contributed by atoms with van der Waals surface area (Å²) in [4.78, 5) is 12.1.